The average molecular weight is 377 g/mol. The lowest BCUT2D eigenvalue weighted by atomic mass is 10.2. The molecule has 7 heteroatoms. The van der Waals surface area contributed by atoms with Gasteiger partial charge in [-0.05, 0) is 29.8 Å². The maximum Gasteiger partial charge on any atom is 0.261 e. The second kappa shape index (κ2) is 7.38. The Morgan fingerprint density at radius 3 is 2.32 bits per heavy atom. The van der Waals surface area contributed by atoms with Crippen LogP contribution in [0, 0.1) is 0 Å². The number of hydrogen-bond acceptors (Lipinski definition) is 2. The topological polar surface area (TPSA) is 46.2 Å². The molecule has 0 amide bonds. The van der Waals surface area contributed by atoms with E-state index >= 15 is 0 Å². The van der Waals surface area contributed by atoms with Gasteiger partial charge in [0.2, 0.25) is 0 Å². The van der Waals surface area contributed by atoms with Crippen LogP contribution in [-0.4, -0.2) is 14.3 Å². The Balaban J connectivity index is 2.38. The van der Waals surface area contributed by atoms with E-state index in [-0.39, 0.29) is 21.5 Å². The number of benzene rings is 2. The Morgan fingerprint density at radius 2 is 1.73 bits per heavy atom. The summed E-state index contributed by atoms with van der Waals surface area (Å²) in [6, 6.07) is 14.7. The summed E-state index contributed by atoms with van der Waals surface area (Å²) >= 11 is 18.0. The highest BCUT2D eigenvalue weighted by atomic mass is 35.5. The van der Waals surface area contributed by atoms with Crippen LogP contribution in [0.15, 0.2) is 65.2 Å². The molecule has 2 aromatic carbocycles. The fourth-order valence-electron chi connectivity index (χ4n) is 1.75. The van der Waals surface area contributed by atoms with Crippen molar-refractivity contribution in [1.29, 1.82) is 0 Å². The van der Waals surface area contributed by atoms with Crippen LogP contribution >= 0.6 is 34.8 Å². The van der Waals surface area contributed by atoms with E-state index in [9.17, 15) is 8.42 Å². The number of rotatable bonds is 5. The van der Waals surface area contributed by atoms with E-state index in [2.05, 4.69) is 4.72 Å². The van der Waals surface area contributed by atoms with E-state index in [1.807, 2.05) is 0 Å². The summed E-state index contributed by atoms with van der Waals surface area (Å²) < 4.78 is 27.1. The highest BCUT2D eigenvalue weighted by molar-refractivity contribution is 7.89. The molecule has 0 bridgehead atoms. The number of allylic oxidation sites excluding steroid dienone is 1. The predicted octanol–water partition coefficient (Wildman–Crippen LogP) is 4.46. The molecule has 0 saturated carbocycles. The van der Waals surface area contributed by atoms with Crippen molar-refractivity contribution < 1.29 is 8.42 Å². The normalized spacial score (nSPS) is 12.7. The van der Waals surface area contributed by atoms with Crippen molar-refractivity contribution in [1.82, 2.24) is 4.72 Å². The fraction of sp³-hybridized carbons (Fsp3) is 0.0667. The van der Waals surface area contributed by atoms with Crippen molar-refractivity contribution >= 4 is 49.9 Å². The van der Waals surface area contributed by atoms with Crippen molar-refractivity contribution in [3.05, 3.63) is 70.9 Å². The third kappa shape index (κ3) is 4.17. The molecule has 0 fully saturated rings. The Hall–Kier alpha value is -1.20. The van der Waals surface area contributed by atoms with Crippen molar-refractivity contribution in [2.75, 3.05) is 5.88 Å². The van der Waals surface area contributed by atoms with Crippen LogP contribution in [0.4, 0.5) is 0 Å². The Labute approximate surface area is 144 Å². The van der Waals surface area contributed by atoms with Crippen LogP contribution in [0.1, 0.15) is 5.56 Å². The standard InChI is InChI=1S/C15H12Cl3NO2S/c16-10-14(15(18)11-5-4-6-12(17)9-11)19-22(20,21)13-7-2-1-3-8-13/h1-9,19H,10H2/b15-14-. The molecule has 0 aliphatic carbocycles. The van der Waals surface area contributed by atoms with Crippen LogP contribution in [0.3, 0.4) is 0 Å². The summed E-state index contributed by atoms with van der Waals surface area (Å²) in [7, 11) is -3.74. The second-order valence-corrected chi connectivity index (χ2v) is 7.12. The van der Waals surface area contributed by atoms with E-state index in [1.54, 1.807) is 42.5 Å². The molecule has 0 aromatic heterocycles. The molecule has 3 nitrogen and oxygen atoms in total. The van der Waals surface area contributed by atoms with Gasteiger partial charge in [-0.1, -0.05) is 53.5 Å². The smallest absolute Gasteiger partial charge is 0.261 e. The van der Waals surface area contributed by atoms with E-state index in [0.717, 1.165) is 0 Å². The van der Waals surface area contributed by atoms with E-state index < -0.39 is 10.0 Å². The first-order chi connectivity index (χ1) is 10.4. The molecular weight excluding hydrogens is 365 g/mol. The Kier molecular flexibility index (Phi) is 5.75. The minimum atomic E-state index is -3.74. The van der Waals surface area contributed by atoms with Gasteiger partial charge in [0.05, 0.1) is 21.5 Å². The number of alkyl halides is 1. The molecule has 2 aromatic rings. The Morgan fingerprint density at radius 1 is 1.05 bits per heavy atom. The maximum absolute atomic E-state index is 12.3. The van der Waals surface area contributed by atoms with Crippen LogP contribution in [0.2, 0.25) is 5.02 Å². The zero-order valence-electron chi connectivity index (χ0n) is 11.3. The van der Waals surface area contributed by atoms with Crippen LogP contribution in [0.25, 0.3) is 5.03 Å². The first-order valence-electron chi connectivity index (χ1n) is 6.22. The number of hydrogen-bond donors (Lipinski definition) is 1. The van der Waals surface area contributed by atoms with Crippen molar-refractivity contribution in [3.8, 4) is 0 Å². The van der Waals surface area contributed by atoms with E-state index in [0.29, 0.717) is 10.6 Å². The molecule has 0 heterocycles. The molecule has 22 heavy (non-hydrogen) atoms. The van der Waals surface area contributed by atoms with Crippen molar-refractivity contribution in [2.24, 2.45) is 0 Å². The van der Waals surface area contributed by atoms with Gasteiger partial charge in [-0.3, -0.25) is 4.72 Å². The molecule has 0 spiro atoms. The molecular formula is C15H12Cl3NO2S. The molecule has 0 radical (unpaired) electrons. The lowest BCUT2D eigenvalue weighted by Crippen LogP contribution is -2.24. The lowest BCUT2D eigenvalue weighted by Gasteiger charge is -2.12. The number of halogens is 3. The van der Waals surface area contributed by atoms with E-state index in [1.165, 1.54) is 12.1 Å². The minimum absolute atomic E-state index is 0.0859. The summed E-state index contributed by atoms with van der Waals surface area (Å²) in [5.41, 5.74) is 0.773. The predicted molar refractivity (Wildman–Crippen MR) is 91.7 cm³/mol. The van der Waals surface area contributed by atoms with Crippen LogP contribution in [-0.2, 0) is 10.0 Å². The highest BCUT2D eigenvalue weighted by Crippen LogP contribution is 2.26. The summed E-state index contributed by atoms with van der Waals surface area (Å²) in [6.45, 7) is 0. The highest BCUT2D eigenvalue weighted by Gasteiger charge is 2.17. The molecule has 0 aliphatic rings. The van der Waals surface area contributed by atoms with E-state index in [4.69, 9.17) is 34.8 Å². The molecule has 0 aliphatic heterocycles. The maximum atomic E-state index is 12.3. The zero-order valence-corrected chi connectivity index (χ0v) is 14.3. The van der Waals surface area contributed by atoms with Gasteiger partial charge in [0.25, 0.3) is 10.0 Å². The molecule has 0 saturated heterocycles. The summed E-state index contributed by atoms with van der Waals surface area (Å²) in [5, 5.41) is 0.701. The van der Waals surface area contributed by atoms with Gasteiger partial charge >= 0.3 is 0 Å². The Bertz CT molecular complexity index is 789. The first-order valence-corrected chi connectivity index (χ1v) is 9.00. The quantitative estimate of drug-likeness (QED) is 0.783. The molecule has 2 rings (SSSR count). The molecule has 1 N–H and O–H groups in total. The monoisotopic (exact) mass is 375 g/mol. The van der Waals surface area contributed by atoms with Crippen LogP contribution in [0.5, 0.6) is 0 Å². The molecule has 116 valence electrons. The largest absolute Gasteiger partial charge is 0.281 e. The summed E-state index contributed by atoms with van der Waals surface area (Å²) in [6.07, 6.45) is 0. The molecule has 0 atom stereocenters. The van der Waals surface area contributed by atoms with Gasteiger partial charge in [-0.2, -0.15) is 0 Å². The van der Waals surface area contributed by atoms with Gasteiger partial charge in [0.15, 0.2) is 0 Å². The van der Waals surface area contributed by atoms with Gasteiger partial charge in [-0.15, -0.1) is 11.6 Å². The fourth-order valence-corrected chi connectivity index (χ4v) is 3.71. The summed E-state index contributed by atoms with van der Waals surface area (Å²) in [4.78, 5) is 0.133. The van der Waals surface area contributed by atoms with Gasteiger partial charge in [-0.25, -0.2) is 8.42 Å². The van der Waals surface area contributed by atoms with Gasteiger partial charge < -0.3 is 0 Å². The zero-order chi connectivity index (χ0) is 16.2. The van der Waals surface area contributed by atoms with Crippen molar-refractivity contribution in [2.45, 2.75) is 4.90 Å². The molecule has 0 unspecified atom stereocenters. The number of nitrogens with one attached hydrogen (secondary N) is 1. The van der Waals surface area contributed by atoms with Crippen LogP contribution < -0.4 is 4.72 Å². The first kappa shape index (κ1) is 17.2. The average Bonchev–Trinajstić information content (AvgIpc) is 2.53. The van der Waals surface area contributed by atoms with Gasteiger partial charge in [0.1, 0.15) is 0 Å². The third-order valence-electron chi connectivity index (χ3n) is 2.79. The summed E-state index contributed by atoms with van der Waals surface area (Å²) in [5.74, 6) is -0.0859. The van der Waals surface area contributed by atoms with Gasteiger partial charge in [0, 0.05) is 5.02 Å². The second-order valence-electron chi connectivity index (χ2n) is 4.36. The lowest BCUT2D eigenvalue weighted by molar-refractivity contribution is 0.589. The third-order valence-corrected chi connectivity index (χ3v) is 5.14. The SMILES string of the molecule is O=S(=O)(N/C(CCl)=C(\Cl)c1cccc(Cl)c1)c1ccccc1. The van der Waals surface area contributed by atoms with Crippen molar-refractivity contribution in [3.63, 3.8) is 0 Å². The number of sulfonamides is 1. The minimum Gasteiger partial charge on any atom is -0.281 e.